The monoisotopic (exact) mass is 238 g/mol. The van der Waals surface area contributed by atoms with E-state index in [1.807, 2.05) is 6.08 Å². The van der Waals surface area contributed by atoms with Gasteiger partial charge >= 0.3 is 5.97 Å². The van der Waals surface area contributed by atoms with Gasteiger partial charge in [-0.3, -0.25) is 4.79 Å². The van der Waals surface area contributed by atoms with Crippen molar-refractivity contribution in [3.05, 3.63) is 12.7 Å². The zero-order chi connectivity index (χ0) is 12.3. The van der Waals surface area contributed by atoms with Crippen molar-refractivity contribution in [2.75, 3.05) is 7.11 Å². The Morgan fingerprint density at radius 2 is 2.12 bits per heavy atom. The molecule has 1 saturated carbocycles. The lowest BCUT2D eigenvalue weighted by atomic mass is 9.69. The van der Waals surface area contributed by atoms with Gasteiger partial charge in [0.15, 0.2) is 0 Å². The van der Waals surface area contributed by atoms with E-state index in [9.17, 15) is 4.79 Å². The molecule has 96 valence electrons. The van der Waals surface area contributed by atoms with Crippen LogP contribution >= 0.6 is 0 Å². The highest BCUT2D eigenvalue weighted by Crippen LogP contribution is 2.46. The van der Waals surface area contributed by atoms with Crippen molar-refractivity contribution in [3.63, 3.8) is 0 Å². The number of ether oxygens (including phenoxy) is 2. The first-order chi connectivity index (χ1) is 8.23. The van der Waals surface area contributed by atoms with Crippen molar-refractivity contribution >= 4 is 5.97 Å². The highest BCUT2D eigenvalue weighted by molar-refractivity contribution is 5.77. The van der Waals surface area contributed by atoms with Crippen LogP contribution in [0.3, 0.4) is 0 Å². The van der Waals surface area contributed by atoms with Gasteiger partial charge in [-0.2, -0.15) is 0 Å². The maximum absolute atomic E-state index is 12.1. The molecule has 1 aliphatic carbocycles. The molecule has 3 heteroatoms. The van der Waals surface area contributed by atoms with Crippen LogP contribution in [0.5, 0.6) is 0 Å². The molecule has 0 aromatic carbocycles. The zero-order valence-electron chi connectivity index (χ0n) is 10.6. The molecule has 0 bridgehead atoms. The van der Waals surface area contributed by atoms with Crippen LogP contribution in [-0.2, 0) is 14.3 Å². The second-order valence-electron chi connectivity index (χ2n) is 5.18. The number of fused-ring (bicyclic) bond motifs is 1. The van der Waals surface area contributed by atoms with E-state index in [1.54, 1.807) is 0 Å². The van der Waals surface area contributed by atoms with Crippen LogP contribution in [0.15, 0.2) is 12.7 Å². The summed E-state index contributed by atoms with van der Waals surface area (Å²) >= 11 is 0. The lowest BCUT2D eigenvalue weighted by Gasteiger charge is -2.40. The first kappa shape index (κ1) is 12.6. The number of hydrogen-bond acceptors (Lipinski definition) is 3. The Labute approximate surface area is 103 Å². The molecule has 0 unspecified atom stereocenters. The normalized spacial score (nSPS) is 37.7. The quantitative estimate of drug-likeness (QED) is 0.548. The molecule has 2 rings (SSSR count). The summed E-state index contributed by atoms with van der Waals surface area (Å²) in [5.74, 6) is -0.0769. The van der Waals surface area contributed by atoms with Crippen molar-refractivity contribution in [1.29, 1.82) is 0 Å². The minimum absolute atomic E-state index is 0.0224. The fraction of sp³-hybridized carbons (Fsp3) is 0.786. The van der Waals surface area contributed by atoms with E-state index in [2.05, 4.69) is 6.58 Å². The first-order valence-corrected chi connectivity index (χ1v) is 6.59. The van der Waals surface area contributed by atoms with Gasteiger partial charge in [0.2, 0.25) is 0 Å². The van der Waals surface area contributed by atoms with Gasteiger partial charge in [0.1, 0.15) is 0 Å². The molecule has 17 heavy (non-hydrogen) atoms. The van der Waals surface area contributed by atoms with Crippen LogP contribution in [-0.4, -0.2) is 25.3 Å². The van der Waals surface area contributed by atoms with Crippen LogP contribution < -0.4 is 0 Å². The summed E-state index contributed by atoms with van der Waals surface area (Å²) in [4.78, 5) is 12.1. The summed E-state index contributed by atoms with van der Waals surface area (Å²) < 4.78 is 11.1. The third-order valence-electron chi connectivity index (χ3n) is 4.26. The van der Waals surface area contributed by atoms with Gasteiger partial charge in [-0.25, -0.2) is 0 Å². The highest BCUT2D eigenvalue weighted by Gasteiger charge is 2.50. The van der Waals surface area contributed by atoms with E-state index in [-0.39, 0.29) is 23.6 Å². The molecule has 2 aliphatic rings. The van der Waals surface area contributed by atoms with Gasteiger partial charge in [0.05, 0.1) is 24.7 Å². The van der Waals surface area contributed by atoms with E-state index in [4.69, 9.17) is 9.47 Å². The lowest BCUT2D eigenvalue weighted by molar-refractivity contribution is -0.169. The molecule has 0 aromatic heterocycles. The Kier molecular flexibility index (Phi) is 3.87. The molecule has 0 spiro atoms. The van der Waals surface area contributed by atoms with Gasteiger partial charge < -0.3 is 9.47 Å². The average molecular weight is 238 g/mol. The summed E-state index contributed by atoms with van der Waals surface area (Å²) in [5, 5.41) is 0. The minimum Gasteiger partial charge on any atom is -0.469 e. The Morgan fingerprint density at radius 3 is 2.82 bits per heavy atom. The highest BCUT2D eigenvalue weighted by atomic mass is 16.5. The van der Waals surface area contributed by atoms with E-state index < -0.39 is 0 Å². The number of carbonyl (C=O) groups excluding carboxylic acids is 1. The van der Waals surface area contributed by atoms with Gasteiger partial charge in [-0.05, 0) is 32.1 Å². The largest absolute Gasteiger partial charge is 0.469 e. The van der Waals surface area contributed by atoms with Gasteiger partial charge in [-0.15, -0.1) is 6.58 Å². The Morgan fingerprint density at radius 1 is 1.35 bits per heavy atom. The lowest BCUT2D eigenvalue weighted by Crippen LogP contribution is -2.46. The van der Waals surface area contributed by atoms with Crippen molar-refractivity contribution in [2.24, 2.45) is 5.41 Å². The topological polar surface area (TPSA) is 35.5 Å². The van der Waals surface area contributed by atoms with Crippen molar-refractivity contribution < 1.29 is 14.3 Å². The molecule has 1 saturated heterocycles. The SMILES string of the molecule is C=C[C@@H]1CCC[C@@]2(C(=O)OC)CCCC[C@@H]2O1. The Hall–Kier alpha value is -0.830. The summed E-state index contributed by atoms with van der Waals surface area (Å²) in [7, 11) is 1.48. The predicted octanol–water partition coefficient (Wildman–Crippen LogP) is 2.84. The average Bonchev–Trinajstić information content (AvgIpc) is 2.57. The van der Waals surface area contributed by atoms with Crippen LogP contribution in [0.25, 0.3) is 0 Å². The first-order valence-electron chi connectivity index (χ1n) is 6.59. The van der Waals surface area contributed by atoms with E-state index in [0.29, 0.717) is 0 Å². The van der Waals surface area contributed by atoms with Crippen LogP contribution in [0, 0.1) is 5.41 Å². The summed E-state index contributed by atoms with van der Waals surface area (Å²) in [6.45, 7) is 3.81. The second kappa shape index (κ2) is 5.21. The fourth-order valence-corrected chi connectivity index (χ4v) is 3.30. The molecule has 1 aliphatic heterocycles. The van der Waals surface area contributed by atoms with E-state index in [1.165, 1.54) is 7.11 Å². The molecular weight excluding hydrogens is 216 g/mol. The van der Waals surface area contributed by atoms with E-state index >= 15 is 0 Å². The number of esters is 1. The molecular formula is C14H22O3. The van der Waals surface area contributed by atoms with Crippen LogP contribution in [0.4, 0.5) is 0 Å². The fourth-order valence-electron chi connectivity index (χ4n) is 3.30. The molecule has 3 atom stereocenters. The third kappa shape index (κ3) is 2.25. The Balaban J connectivity index is 2.24. The zero-order valence-corrected chi connectivity index (χ0v) is 10.6. The summed E-state index contributed by atoms with van der Waals surface area (Å²) in [6.07, 6.45) is 9.01. The number of carbonyl (C=O) groups is 1. The predicted molar refractivity (Wildman–Crippen MR) is 65.6 cm³/mol. The van der Waals surface area contributed by atoms with Crippen molar-refractivity contribution in [1.82, 2.24) is 0 Å². The molecule has 3 nitrogen and oxygen atoms in total. The standard InChI is InChI=1S/C14H22O3/c1-3-11-7-6-10-14(13(15)16-2)9-5-4-8-12(14)17-11/h3,11-12H,1,4-10H2,2H3/t11-,12+,14+/m1/s1. The van der Waals surface area contributed by atoms with Gasteiger partial charge in [0.25, 0.3) is 0 Å². The van der Waals surface area contributed by atoms with Gasteiger partial charge in [0, 0.05) is 0 Å². The number of rotatable bonds is 2. The van der Waals surface area contributed by atoms with Crippen molar-refractivity contribution in [2.45, 2.75) is 57.2 Å². The summed E-state index contributed by atoms with van der Waals surface area (Å²) in [6, 6.07) is 0. The van der Waals surface area contributed by atoms with Crippen LogP contribution in [0.2, 0.25) is 0 Å². The van der Waals surface area contributed by atoms with Crippen molar-refractivity contribution in [3.8, 4) is 0 Å². The molecule has 1 heterocycles. The molecule has 0 aromatic rings. The number of hydrogen-bond donors (Lipinski definition) is 0. The molecule has 0 radical (unpaired) electrons. The second-order valence-corrected chi connectivity index (χ2v) is 5.18. The third-order valence-corrected chi connectivity index (χ3v) is 4.26. The van der Waals surface area contributed by atoms with E-state index in [0.717, 1.165) is 44.9 Å². The molecule has 2 fully saturated rings. The maximum Gasteiger partial charge on any atom is 0.314 e. The molecule has 0 amide bonds. The van der Waals surface area contributed by atoms with Gasteiger partial charge in [-0.1, -0.05) is 18.9 Å². The summed E-state index contributed by atoms with van der Waals surface area (Å²) in [5.41, 5.74) is -0.384. The smallest absolute Gasteiger partial charge is 0.314 e. The Bertz CT molecular complexity index is 300. The molecule has 0 N–H and O–H groups in total. The minimum atomic E-state index is -0.384. The maximum atomic E-state index is 12.1. The number of methoxy groups -OCH3 is 1. The van der Waals surface area contributed by atoms with Crippen LogP contribution in [0.1, 0.15) is 44.9 Å².